The molecule has 0 radical (unpaired) electrons. The van der Waals surface area contributed by atoms with Gasteiger partial charge in [0.2, 0.25) is 0 Å². The number of unbranched alkanes of at least 4 members (excludes halogenated alkanes) is 17. The maximum atomic E-state index is 13.1. The summed E-state index contributed by atoms with van der Waals surface area (Å²) in [5.74, 6) is -2.33. The number of phosphoric acid groups is 2. The molecule has 0 spiro atoms. The zero-order valence-electron chi connectivity index (χ0n) is 65.5. The lowest BCUT2D eigenvalue weighted by atomic mass is 10.1. The van der Waals surface area contributed by atoms with E-state index < -0.39 is 97.5 Å². The van der Waals surface area contributed by atoms with Gasteiger partial charge in [-0.15, -0.1) is 0 Å². The third kappa shape index (κ3) is 76.4. The second kappa shape index (κ2) is 77.3. The van der Waals surface area contributed by atoms with Crippen LogP contribution in [0.5, 0.6) is 0 Å². The molecule has 0 rings (SSSR count). The molecule has 0 aromatic carbocycles. The summed E-state index contributed by atoms with van der Waals surface area (Å²) in [7, 11) is -10.0. The highest BCUT2D eigenvalue weighted by atomic mass is 31.2. The highest BCUT2D eigenvalue weighted by molar-refractivity contribution is 7.47. The second-order valence-electron chi connectivity index (χ2n) is 25.9. The fourth-order valence-corrected chi connectivity index (χ4v) is 11.4. The molecular weight excluding hydrogens is 1380 g/mol. The molecule has 5 atom stereocenters. The molecule has 106 heavy (non-hydrogen) atoms. The number of hydrogen-bond donors (Lipinski definition) is 3. The number of allylic oxidation sites excluding steroid dienone is 30. The fourth-order valence-electron chi connectivity index (χ4n) is 9.85. The van der Waals surface area contributed by atoms with Crippen LogP contribution in [-0.4, -0.2) is 96.7 Å². The van der Waals surface area contributed by atoms with Gasteiger partial charge in [0.15, 0.2) is 12.2 Å². The van der Waals surface area contributed by atoms with Crippen molar-refractivity contribution in [3.63, 3.8) is 0 Å². The van der Waals surface area contributed by atoms with Gasteiger partial charge in [-0.25, -0.2) is 9.13 Å². The minimum Gasteiger partial charge on any atom is -0.462 e. The van der Waals surface area contributed by atoms with Crippen molar-refractivity contribution in [1.82, 2.24) is 0 Å². The number of aliphatic hydroxyl groups excluding tert-OH is 1. The Balaban J connectivity index is 5.49. The molecule has 0 aliphatic carbocycles. The number of ether oxygens (including phenoxy) is 4. The first kappa shape index (κ1) is 100. The molecule has 0 heterocycles. The van der Waals surface area contributed by atoms with E-state index in [0.29, 0.717) is 32.1 Å². The quantitative estimate of drug-likeness (QED) is 0.0169. The number of hydrogen-bond acceptors (Lipinski definition) is 15. The molecule has 0 aliphatic heterocycles. The zero-order chi connectivity index (χ0) is 77.4. The van der Waals surface area contributed by atoms with Crippen LogP contribution in [0, 0.1) is 0 Å². The minimum absolute atomic E-state index is 0.0592. The molecular formula is C87H140O17P2. The Bertz CT molecular complexity index is 2730. The van der Waals surface area contributed by atoms with Crippen LogP contribution in [0.1, 0.15) is 285 Å². The molecule has 0 fully saturated rings. The van der Waals surface area contributed by atoms with Gasteiger partial charge in [-0.05, 0) is 173 Å². The van der Waals surface area contributed by atoms with E-state index >= 15 is 0 Å². The van der Waals surface area contributed by atoms with E-state index in [1.54, 1.807) is 0 Å². The molecule has 0 bridgehead atoms. The maximum absolute atomic E-state index is 13.1. The van der Waals surface area contributed by atoms with Crippen molar-refractivity contribution in [2.75, 3.05) is 39.6 Å². The van der Waals surface area contributed by atoms with Crippen LogP contribution < -0.4 is 0 Å². The van der Waals surface area contributed by atoms with Gasteiger partial charge in [0.05, 0.1) is 26.4 Å². The van der Waals surface area contributed by atoms with Gasteiger partial charge >= 0.3 is 39.5 Å². The van der Waals surface area contributed by atoms with Crippen LogP contribution in [0.3, 0.4) is 0 Å². The smallest absolute Gasteiger partial charge is 0.462 e. The fraction of sp³-hybridized carbons (Fsp3) is 0.609. The molecule has 0 aliphatic rings. The Morgan fingerprint density at radius 3 is 0.802 bits per heavy atom. The van der Waals surface area contributed by atoms with E-state index in [1.165, 1.54) is 19.3 Å². The minimum atomic E-state index is -5.01. The molecule has 0 aromatic rings. The molecule has 3 N–H and O–H groups in total. The Morgan fingerprint density at radius 1 is 0.274 bits per heavy atom. The maximum Gasteiger partial charge on any atom is 0.472 e. The average Bonchev–Trinajstić information content (AvgIpc) is 0.909. The summed E-state index contributed by atoms with van der Waals surface area (Å²) >= 11 is 0. The van der Waals surface area contributed by atoms with E-state index in [-0.39, 0.29) is 25.7 Å². The number of rotatable bonds is 73. The average molecular weight is 1520 g/mol. The van der Waals surface area contributed by atoms with Crippen molar-refractivity contribution >= 4 is 39.5 Å². The lowest BCUT2D eigenvalue weighted by Crippen LogP contribution is -2.30. The van der Waals surface area contributed by atoms with Crippen LogP contribution in [-0.2, 0) is 65.4 Å². The van der Waals surface area contributed by atoms with Gasteiger partial charge in [-0.2, -0.15) is 0 Å². The van der Waals surface area contributed by atoms with Crippen molar-refractivity contribution in [2.24, 2.45) is 0 Å². The first-order chi connectivity index (χ1) is 51.7. The summed E-state index contributed by atoms with van der Waals surface area (Å²) in [6, 6.07) is 0. The predicted molar refractivity (Wildman–Crippen MR) is 436 cm³/mol. The standard InChI is InChI=1S/C87H140O17P2/c1-5-9-13-17-21-25-29-33-37-39-40-42-46-48-52-56-60-64-68-72-85(90)98-78-83(104-87(92)74-70-66-62-58-54-50-44-36-32-28-24-20-16-12-8-4)80-102-106(95,96)100-76-81(88)75-99-105(93,94)101-79-82(103-86(91)73-69-65-61-57-53-49-43-35-31-27-23-19-15-11-7-3)77-97-84(89)71-67-63-59-55-51-47-45-41-38-34-30-26-22-18-14-10-6-2/h9-10,12-14,16,21-28,33-38,40,42-45,47-48,52,55,59,81-83,88H,5-8,11,15,17-20,29-32,39,41,46,49-51,53-54,56-58,60-80H2,1-4H3,(H,93,94)(H,95,96)/b13-9-,14-10-,16-12-,25-21-,26-22-,27-23-,28-24-,37-33-,38-34-,42-40-,43-35-,44-36-,47-45-,52-48-,59-55-. The van der Waals surface area contributed by atoms with Crippen molar-refractivity contribution in [2.45, 2.75) is 303 Å². The Morgan fingerprint density at radius 2 is 0.500 bits per heavy atom. The molecule has 0 saturated heterocycles. The number of carbonyl (C=O) groups is 4. The first-order valence-electron chi connectivity index (χ1n) is 40.0. The summed E-state index contributed by atoms with van der Waals surface area (Å²) in [6.07, 6.45) is 93.0. The normalized spacial score (nSPS) is 14.8. The molecule has 19 heteroatoms. The molecule has 5 unspecified atom stereocenters. The topological polar surface area (TPSA) is 237 Å². The third-order valence-electron chi connectivity index (χ3n) is 15.8. The molecule has 600 valence electrons. The van der Waals surface area contributed by atoms with Crippen LogP contribution in [0.15, 0.2) is 182 Å². The SMILES string of the molecule is CC/C=C\C/C=C\C/C=C\C/C=C\C/C=C\CCCCCC(=O)OCC(COP(=O)(O)OCC(O)COP(=O)(O)OCC(COC(=O)CCC/C=C\C/C=C\C/C=C\C/C=C\C/C=C\CC)OC(=O)CCCCCCC/C=C\C/C=C\CCCCC)OC(=O)CCCCCCC/C=C\C/C=C\C/C=C\CC. The van der Waals surface area contributed by atoms with Crippen LogP contribution in [0.2, 0.25) is 0 Å². The van der Waals surface area contributed by atoms with Crippen LogP contribution in [0.25, 0.3) is 0 Å². The first-order valence-corrected chi connectivity index (χ1v) is 43.0. The van der Waals surface area contributed by atoms with Gasteiger partial charge in [0.1, 0.15) is 19.3 Å². The summed E-state index contributed by atoms with van der Waals surface area (Å²) in [6.45, 7) is 4.35. The van der Waals surface area contributed by atoms with Gasteiger partial charge in [-0.1, -0.05) is 268 Å². The van der Waals surface area contributed by atoms with Crippen LogP contribution >= 0.6 is 15.6 Å². The summed E-state index contributed by atoms with van der Waals surface area (Å²) in [4.78, 5) is 73.1. The lowest BCUT2D eigenvalue weighted by Gasteiger charge is -2.21. The largest absolute Gasteiger partial charge is 0.472 e. The van der Waals surface area contributed by atoms with E-state index in [2.05, 4.69) is 198 Å². The van der Waals surface area contributed by atoms with E-state index in [4.69, 9.17) is 37.0 Å². The molecule has 0 saturated carbocycles. The highest BCUT2D eigenvalue weighted by Gasteiger charge is 2.30. The summed E-state index contributed by atoms with van der Waals surface area (Å²) in [5, 5.41) is 10.6. The Kier molecular flexibility index (Phi) is 73.1. The van der Waals surface area contributed by atoms with Gasteiger partial charge in [0, 0.05) is 25.7 Å². The van der Waals surface area contributed by atoms with E-state index in [0.717, 1.165) is 180 Å². The molecule has 17 nitrogen and oxygen atoms in total. The van der Waals surface area contributed by atoms with E-state index in [1.807, 2.05) is 12.2 Å². The number of carbonyl (C=O) groups excluding carboxylic acids is 4. The summed E-state index contributed by atoms with van der Waals surface area (Å²) < 4.78 is 68.5. The van der Waals surface area contributed by atoms with E-state index in [9.17, 15) is 43.2 Å². The number of aliphatic hydroxyl groups is 1. The van der Waals surface area contributed by atoms with Crippen molar-refractivity contribution in [3.05, 3.63) is 182 Å². The molecule has 0 amide bonds. The van der Waals surface area contributed by atoms with Crippen molar-refractivity contribution in [3.8, 4) is 0 Å². The number of esters is 4. The lowest BCUT2D eigenvalue weighted by molar-refractivity contribution is -0.161. The Labute approximate surface area is 641 Å². The van der Waals surface area contributed by atoms with Crippen molar-refractivity contribution in [1.29, 1.82) is 0 Å². The summed E-state index contributed by atoms with van der Waals surface area (Å²) in [5.41, 5.74) is 0. The van der Waals surface area contributed by atoms with Crippen LogP contribution in [0.4, 0.5) is 0 Å². The second-order valence-corrected chi connectivity index (χ2v) is 28.8. The van der Waals surface area contributed by atoms with Crippen molar-refractivity contribution < 1.29 is 80.2 Å². The molecule has 0 aromatic heterocycles. The monoisotopic (exact) mass is 1520 g/mol. The number of phosphoric ester groups is 2. The highest BCUT2D eigenvalue weighted by Crippen LogP contribution is 2.45. The van der Waals surface area contributed by atoms with Gasteiger partial charge < -0.3 is 33.8 Å². The zero-order valence-corrected chi connectivity index (χ0v) is 67.3. The Hall–Kier alpha value is -5.84. The third-order valence-corrected chi connectivity index (χ3v) is 17.7. The predicted octanol–water partition coefficient (Wildman–Crippen LogP) is 23.6. The van der Waals surface area contributed by atoms with Gasteiger partial charge in [-0.3, -0.25) is 37.3 Å². The van der Waals surface area contributed by atoms with Gasteiger partial charge in [0.25, 0.3) is 0 Å².